The highest BCUT2D eigenvalue weighted by molar-refractivity contribution is 6.00. The molecular weight excluding hydrogens is 230 g/mol. The third-order valence-electron chi connectivity index (χ3n) is 4.17. The Bertz CT molecular complexity index is 332. The average Bonchev–Trinajstić information content (AvgIpc) is 2.37. The van der Waals surface area contributed by atoms with Crippen LogP contribution in [0.2, 0.25) is 0 Å². The minimum Gasteiger partial charge on any atom is -0.304 e. The van der Waals surface area contributed by atoms with Gasteiger partial charge in [-0.15, -0.1) is 0 Å². The molecule has 2 amide bonds. The molecule has 0 aromatic carbocycles. The molecule has 18 heavy (non-hydrogen) atoms. The van der Waals surface area contributed by atoms with Crippen molar-refractivity contribution >= 4 is 11.8 Å². The Kier molecular flexibility index (Phi) is 4.35. The summed E-state index contributed by atoms with van der Waals surface area (Å²) in [6, 6.07) is 0.345. The predicted molar refractivity (Wildman–Crippen MR) is 69.1 cm³/mol. The summed E-state index contributed by atoms with van der Waals surface area (Å²) < 4.78 is 0. The first kappa shape index (κ1) is 13.5. The number of hydrogen-bond acceptors (Lipinski definition) is 4. The van der Waals surface area contributed by atoms with Crippen LogP contribution in [-0.4, -0.2) is 60.9 Å². The second-order valence-electron chi connectivity index (χ2n) is 5.42. The van der Waals surface area contributed by atoms with Crippen LogP contribution in [0, 0.1) is 0 Å². The van der Waals surface area contributed by atoms with Crippen LogP contribution in [0.1, 0.15) is 32.1 Å². The van der Waals surface area contributed by atoms with Gasteiger partial charge in [-0.05, 0) is 32.9 Å². The van der Waals surface area contributed by atoms with Crippen molar-refractivity contribution in [3.63, 3.8) is 0 Å². The molecule has 0 spiro atoms. The summed E-state index contributed by atoms with van der Waals surface area (Å²) in [6.45, 7) is 1.98. The zero-order chi connectivity index (χ0) is 13.1. The molecule has 2 rings (SSSR count). The van der Waals surface area contributed by atoms with E-state index in [0.717, 1.165) is 13.1 Å². The highest BCUT2D eigenvalue weighted by Gasteiger charge is 2.32. The van der Waals surface area contributed by atoms with Crippen molar-refractivity contribution in [3.05, 3.63) is 0 Å². The minimum atomic E-state index is -0.178. The monoisotopic (exact) mass is 253 g/mol. The van der Waals surface area contributed by atoms with Crippen LogP contribution in [-0.2, 0) is 9.59 Å². The van der Waals surface area contributed by atoms with E-state index in [-0.39, 0.29) is 17.9 Å². The topological polar surface area (TPSA) is 52.7 Å². The van der Waals surface area contributed by atoms with Gasteiger partial charge in [-0.3, -0.25) is 14.5 Å². The van der Waals surface area contributed by atoms with Crippen molar-refractivity contribution in [2.45, 2.75) is 44.2 Å². The summed E-state index contributed by atoms with van der Waals surface area (Å²) in [5, 5.41) is 3.34. The zero-order valence-corrected chi connectivity index (χ0v) is 11.3. The van der Waals surface area contributed by atoms with Crippen LogP contribution in [0.5, 0.6) is 0 Å². The summed E-state index contributed by atoms with van der Waals surface area (Å²) in [5.41, 5.74) is 0. The van der Waals surface area contributed by atoms with Crippen LogP contribution in [0.4, 0.5) is 0 Å². The summed E-state index contributed by atoms with van der Waals surface area (Å²) in [7, 11) is 3.72. The maximum Gasteiger partial charge on any atom is 0.246 e. The summed E-state index contributed by atoms with van der Waals surface area (Å²) in [5.74, 6) is -0.141. The van der Waals surface area contributed by atoms with Gasteiger partial charge < -0.3 is 10.2 Å². The summed E-state index contributed by atoms with van der Waals surface area (Å²) >= 11 is 0. The number of likely N-dealkylation sites (tertiary alicyclic amines) is 2. The van der Waals surface area contributed by atoms with Gasteiger partial charge in [-0.1, -0.05) is 6.42 Å². The fourth-order valence-electron chi connectivity index (χ4n) is 2.79. The molecule has 102 valence electrons. The van der Waals surface area contributed by atoms with E-state index in [4.69, 9.17) is 0 Å². The Morgan fingerprint density at radius 2 is 2.00 bits per heavy atom. The van der Waals surface area contributed by atoms with E-state index < -0.39 is 0 Å². The average molecular weight is 253 g/mol. The maximum absolute atomic E-state index is 11.9. The number of piperidine rings is 2. The molecule has 0 aliphatic carbocycles. The molecule has 1 N–H and O–H groups in total. The lowest BCUT2D eigenvalue weighted by atomic mass is 10.0. The summed E-state index contributed by atoms with van der Waals surface area (Å²) in [4.78, 5) is 26.9. The SMILES string of the molecule is CN1C(=O)CCC(NCC2CCCCN2C)C1=O. The molecule has 0 aromatic rings. The third-order valence-corrected chi connectivity index (χ3v) is 4.17. The highest BCUT2D eigenvalue weighted by atomic mass is 16.2. The van der Waals surface area contributed by atoms with Crippen LogP contribution < -0.4 is 5.32 Å². The lowest BCUT2D eigenvalue weighted by Crippen LogP contribution is -2.54. The van der Waals surface area contributed by atoms with Gasteiger partial charge >= 0.3 is 0 Å². The molecule has 2 heterocycles. The summed E-state index contributed by atoms with van der Waals surface area (Å²) in [6.07, 6.45) is 4.85. The van der Waals surface area contributed by atoms with E-state index in [2.05, 4.69) is 17.3 Å². The standard InChI is InChI=1S/C13H23N3O2/c1-15-8-4-3-5-10(15)9-14-11-6-7-12(17)16(2)13(11)18/h10-11,14H,3-9H2,1-2H3. The number of likely N-dealkylation sites (N-methyl/N-ethyl adjacent to an activating group) is 2. The number of nitrogens with one attached hydrogen (secondary N) is 1. The van der Waals surface area contributed by atoms with Crippen LogP contribution in [0.3, 0.4) is 0 Å². The van der Waals surface area contributed by atoms with Crippen LogP contribution in [0.15, 0.2) is 0 Å². The number of carbonyl (C=O) groups is 2. The quantitative estimate of drug-likeness (QED) is 0.731. The Labute approximate surface area is 108 Å². The molecule has 5 nitrogen and oxygen atoms in total. The molecular formula is C13H23N3O2. The molecule has 2 saturated heterocycles. The van der Waals surface area contributed by atoms with E-state index in [0.29, 0.717) is 18.9 Å². The molecule has 2 aliphatic rings. The second kappa shape index (κ2) is 5.80. The number of amides is 2. The van der Waals surface area contributed by atoms with E-state index in [9.17, 15) is 9.59 Å². The van der Waals surface area contributed by atoms with Gasteiger partial charge in [0, 0.05) is 26.1 Å². The minimum absolute atomic E-state index is 0.0622. The van der Waals surface area contributed by atoms with Crippen molar-refractivity contribution in [2.75, 3.05) is 27.2 Å². The normalized spacial score (nSPS) is 30.9. The zero-order valence-electron chi connectivity index (χ0n) is 11.3. The Hall–Kier alpha value is -0.940. The van der Waals surface area contributed by atoms with E-state index in [1.165, 1.54) is 24.2 Å². The van der Waals surface area contributed by atoms with E-state index >= 15 is 0 Å². The van der Waals surface area contributed by atoms with Gasteiger partial charge in [0.15, 0.2) is 0 Å². The fourth-order valence-corrected chi connectivity index (χ4v) is 2.79. The van der Waals surface area contributed by atoms with Gasteiger partial charge in [-0.2, -0.15) is 0 Å². The Morgan fingerprint density at radius 1 is 1.22 bits per heavy atom. The van der Waals surface area contributed by atoms with Gasteiger partial charge in [0.2, 0.25) is 11.8 Å². The van der Waals surface area contributed by atoms with Gasteiger partial charge in [-0.25, -0.2) is 0 Å². The fraction of sp³-hybridized carbons (Fsp3) is 0.846. The second-order valence-corrected chi connectivity index (χ2v) is 5.42. The van der Waals surface area contributed by atoms with Gasteiger partial charge in [0.25, 0.3) is 0 Å². The first-order chi connectivity index (χ1) is 8.59. The first-order valence-electron chi connectivity index (χ1n) is 6.83. The van der Waals surface area contributed by atoms with Crippen molar-refractivity contribution in [3.8, 4) is 0 Å². The molecule has 0 radical (unpaired) electrons. The Morgan fingerprint density at radius 3 is 2.72 bits per heavy atom. The van der Waals surface area contributed by atoms with Gasteiger partial charge in [0.05, 0.1) is 6.04 Å². The number of nitrogens with zero attached hydrogens (tertiary/aromatic N) is 2. The molecule has 0 saturated carbocycles. The molecule has 0 aromatic heterocycles. The molecule has 2 fully saturated rings. The molecule has 5 heteroatoms. The van der Waals surface area contributed by atoms with Crippen molar-refractivity contribution < 1.29 is 9.59 Å². The maximum atomic E-state index is 11.9. The van der Waals surface area contributed by atoms with Gasteiger partial charge in [0.1, 0.15) is 0 Å². The van der Waals surface area contributed by atoms with Crippen LogP contribution in [0.25, 0.3) is 0 Å². The smallest absolute Gasteiger partial charge is 0.246 e. The molecule has 0 bridgehead atoms. The van der Waals surface area contributed by atoms with Crippen molar-refractivity contribution in [1.29, 1.82) is 0 Å². The largest absolute Gasteiger partial charge is 0.304 e. The van der Waals surface area contributed by atoms with Crippen molar-refractivity contribution in [1.82, 2.24) is 15.1 Å². The Balaban J connectivity index is 1.82. The molecule has 2 aliphatic heterocycles. The van der Waals surface area contributed by atoms with Crippen LogP contribution >= 0.6 is 0 Å². The number of imide groups is 1. The number of hydrogen-bond donors (Lipinski definition) is 1. The van der Waals surface area contributed by atoms with E-state index in [1.807, 2.05) is 0 Å². The van der Waals surface area contributed by atoms with E-state index in [1.54, 1.807) is 7.05 Å². The molecule has 2 atom stereocenters. The highest BCUT2D eigenvalue weighted by Crippen LogP contribution is 2.16. The molecule has 2 unspecified atom stereocenters. The number of rotatable bonds is 3. The lowest BCUT2D eigenvalue weighted by molar-refractivity contribution is -0.148. The third kappa shape index (κ3) is 2.90. The lowest BCUT2D eigenvalue weighted by Gasteiger charge is -2.35. The first-order valence-corrected chi connectivity index (χ1v) is 6.83. The number of carbonyl (C=O) groups excluding carboxylic acids is 2. The predicted octanol–water partition coefficient (Wildman–Crippen LogP) is 0.208. The van der Waals surface area contributed by atoms with Crippen molar-refractivity contribution in [2.24, 2.45) is 0 Å².